The van der Waals surface area contributed by atoms with Crippen LogP contribution in [0.3, 0.4) is 0 Å². The van der Waals surface area contributed by atoms with Crippen LogP contribution in [-0.2, 0) is 0 Å². The molecule has 0 aromatic carbocycles. The van der Waals surface area contributed by atoms with Gasteiger partial charge < -0.3 is 10.8 Å². The largest absolute Gasteiger partial charge is 0.396 e. The molecule has 0 amide bonds. The van der Waals surface area contributed by atoms with Crippen LogP contribution in [0.2, 0.25) is 0 Å². The van der Waals surface area contributed by atoms with Crippen molar-refractivity contribution in [3.63, 3.8) is 0 Å². The first-order chi connectivity index (χ1) is 3.68. The zero-order valence-electron chi connectivity index (χ0n) is 4.49. The summed E-state index contributed by atoms with van der Waals surface area (Å²) in [5.74, 6) is 0. The molecule has 50 valence electrons. The van der Waals surface area contributed by atoms with E-state index in [-0.39, 0.29) is 17.2 Å². The molecule has 4 heteroatoms. The Morgan fingerprint density at radius 3 is 2.12 bits per heavy atom. The minimum absolute atomic E-state index is 0.00309. The molecule has 2 nitrogen and oxygen atoms in total. The molecule has 3 N–H and O–H groups in total. The minimum atomic E-state index is -0.231. The van der Waals surface area contributed by atoms with Crippen LogP contribution in [0.15, 0.2) is 0 Å². The van der Waals surface area contributed by atoms with E-state index in [1.807, 2.05) is 0 Å². The second kappa shape index (κ2) is 4.49. The third-order valence-corrected chi connectivity index (χ3v) is 1.99. The van der Waals surface area contributed by atoms with Gasteiger partial charge in [0.05, 0.1) is 5.37 Å². The van der Waals surface area contributed by atoms with Crippen molar-refractivity contribution < 1.29 is 5.11 Å². The number of nitrogens with two attached hydrogens (primary N) is 1. The van der Waals surface area contributed by atoms with Crippen molar-refractivity contribution in [1.29, 1.82) is 0 Å². The summed E-state index contributed by atoms with van der Waals surface area (Å²) in [6, 6.07) is 0. The molecule has 0 aliphatic heterocycles. The van der Waals surface area contributed by atoms with E-state index in [2.05, 4.69) is 25.3 Å². The summed E-state index contributed by atoms with van der Waals surface area (Å²) < 4.78 is 0. The van der Waals surface area contributed by atoms with Gasteiger partial charge in [0.15, 0.2) is 0 Å². The number of rotatable bonds is 3. The summed E-state index contributed by atoms with van der Waals surface area (Å²) in [4.78, 5) is 0. The Morgan fingerprint density at radius 1 is 1.50 bits per heavy atom. The van der Waals surface area contributed by atoms with Gasteiger partial charge in [-0.1, -0.05) is 0 Å². The average Bonchev–Trinajstić information content (AvgIpc) is 1.67. The van der Waals surface area contributed by atoms with Gasteiger partial charge in [0.25, 0.3) is 0 Å². The van der Waals surface area contributed by atoms with Crippen LogP contribution in [0, 0.1) is 0 Å². The Kier molecular flexibility index (Phi) is 4.84. The summed E-state index contributed by atoms with van der Waals surface area (Å²) in [5, 5.41) is 8.12. The van der Waals surface area contributed by atoms with E-state index < -0.39 is 0 Å². The highest BCUT2D eigenvalue weighted by atomic mass is 32.1. The first-order valence-corrected chi connectivity index (χ1v) is 3.44. The lowest BCUT2D eigenvalue weighted by atomic mass is 10.3. The van der Waals surface area contributed by atoms with E-state index in [0.29, 0.717) is 6.42 Å². The summed E-state index contributed by atoms with van der Waals surface area (Å²) in [6.45, 7) is 0.127. The topological polar surface area (TPSA) is 46.2 Å². The number of hydrogen-bond acceptors (Lipinski definition) is 4. The van der Waals surface area contributed by atoms with Crippen LogP contribution in [0.25, 0.3) is 0 Å². The zero-order chi connectivity index (χ0) is 6.57. The molecule has 0 aliphatic rings. The Labute approximate surface area is 60.3 Å². The smallest absolute Gasteiger partial charge is 0.0596 e. The molecular formula is C4H11NOS2. The standard InChI is InChI=1S/C4H11NOS2/c5-4(8)3(7)1-2-6/h3-4,6-8H,1-2,5H2. The number of aliphatic hydroxyl groups excluding tert-OH is 1. The summed E-state index contributed by atoms with van der Waals surface area (Å²) in [7, 11) is 0. The predicted molar refractivity (Wildman–Crippen MR) is 41.4 cm³/mol. The zero-order valence-corrected chi connectivity index (χ0v) is 6.28. The minimum Gasteiger partial charge on any atom is -0.396 e. The van der Waals surface area contributed by atoms with Gasteiger partial charge >= 0.3 is 0 Å². The van der Waals surface area contributed by atoms with Gasteiger partial charge in [-0.05, 0) is 6.42 Å². The monoisotopic (exact) mass is 153 g/mol. The molecule has 2 unspecified atom stereocenters. The Balaban J connectivity index is 3.17. The number of hydrogen-bond donors (Lipinski definition) is 4. The SMILES string of the molecule is NC(S)C(S)CCO. The maximum Gasteiger partial charge on any atom is 0.0596 e. The van der Waals surface area contributed by atoms with E-state index in [0.717, 1.165) is 0 Å². The van der Waals surface area contributed by atoms with Gasteiger partial charge in [0.1, 0.15) is 0 Å². The van der Waals surface area contributed by atoms with Crippen molar-refractivity contribution >= 4 is 25.3 Å². The molecule has 0 spiro atoms. The molecule has 0 rings (SSSR count). The molecular weight excluding hydrogens is 142 g/mol. The van der Waals surface area contributed by atoms with E-state index in [9.17, 15) is 0 Å². The fraction of sp³-hybridized carbons (Fsp3) is 1.00. The first kappa shape index (κ1) is 8.62. The molecule has 0 aromatic heterocycles. The highest BCUT2D eigenvalue weighted by molar-refractivity contribution is 7.85. The molecule has 0 radical (unpaired) electrons. The molecule has 0 aromatic rings. The molecule has 0 bridgehead atoms. The normalized spacial score (nSPS) is 18.0. The molecule has 8 heavy (non-hydrogen) atoms. The number of thiol groups is 2. The van der Waals surface area contributed by atoms with Crippen LogP contribution >= 0.6 is 25.3 Å². The predicted octanol–water partition coefficient (Wildman–Crippen LogP) is -0.118. The summed E-state index contributed by atoms with van der Waals surface area (Å²) in [5.41, 5.74) is 5.30. The summed E-state index contributed by atoms with van der Waals surface area (Å²) >= 11 is 7.96. The van der Waals surface area contributed by atoms with Gasteiger partial charge in [0.2, 0.25) is 0 Å². The quantitative estimate of drug-likeness (QED) is 0.337. The maximum absolute atomic E-state index is 8.35. The van der Waals surface area contributed by atoms with E-state index in [1.54, 1.807) is 0 Å². The molecule has 0 heterocycles. The van der Waals surface area contributed by atoms with Crippen molar-refractivity contribution in [2.24, 2.45) is 5.73 Å². The third-order valence-electron chi connectivity index (χ3n) is 0.819. The molecule has 0 fully saturated rings. The van der Waals surface area contributed by atoms with Crippen molar-refractivity contribution in [2.45, 2.75) is 17.0 Å². The van der Waals surface area contributed by atoms with Crippen molar-refractivity contribution in [3.8, 4) is 0 Å². The summed E-state index contributed by atoms with van der Waals surface area (Å²) in [6.07, 6.45) is 0.605. The van der Waals surface area contributed by atoms with E-state index in [1.165, 1.54) is 0 Å². The van der Waals surface area contributed by atoms with Gasteiger partial charge in [-0.2, -0.15) is 25.3 Å². The molecule has 0 aliphatic carbocycles. The highest BCUT2D eigenvalue weighted by Gasteiger charge is 2.06. The van der Waals surface area contributed by atoms with Crippen molar-refractivity contribution in [2.75, 3.05) is 6.61 Å². The van der Waals surface area contributed by atoms with Crippen LogP contribution < -0.4 is 5.73 Å². The van der Waals surface area contributed by atoms with Crippen LogP contribution in [0.4, 0.5) is 0 Å². The van der Waals surface area contributed by atoms with Crippen molar-refractivity contribution in [1.82, 2.24) is 0 Å². The van der Waals surface area contributed by atoms with E-state index >= 15 is 0 Å². The fourth-order valence-electron chi connectivity index (χ4n) is 0.303. The molecule has 0 saturated carbocycles. The van der Waals surface area contributed by atoms with Crippen molar-refractivity contribution in [3.05, 3.63) is 0 Å². The Bertz CT molecular complexity index is 60.0. The van der Waals surface area contributed by atoms with E-state index in [4.69, 9.17) is 10.8 Å². The third kappa shape index (κ3) is 3.60. The molecule has 2 atom stereocenters. The van der Waals surface area contributed by atoms with Gasteiger partial charge in [-0.25, -0.2) is 0 Å². The average molecular weight is 153 g/mol. The lowest BCUT2D eigenvalue weighted by Gasteiger charge is -2.10. The first-order valence-electron chi connectivity index (χ1n) is 2.41. The lowest BCUT2D eigenvalue weighted by Crippen LogP contribution is -2.25. The van der Waals surface area contributed by atoms with Crippen LogP contribution in [0.5, 0.6) is 0 Å². The Hall–Kier alpha value is 0.620. The van der Waals surface area contributed by atoms with Crippen LogP contribution in [-0.4, -0.2) is 22.3 Å². The van der Waals surface area contributed by atoms with Gasteiger partial charge in [-0.15, -0.1) is 0 Å². The van der Waals surface area contributed by atoms with Gasteiger partial charge in [-0.3, -0.25) is 0 Å². The Morgan fingerprint density at radius 2 is 2.00 bits per heavy atom. The highest BCUT2D eigenvalue weighted by Crippen LogP contribution is 2.06. The fourth-order valence-corrected chi connectivity index (χ4v) is 0.568. The number of aliphatic hydroxyl groups is 1. The second-order valence-corrected chi connectivity index (χ2v) is 2.83. The lowest BCUT2D eigenvalue weighted by molar-refractivity contribution is 0.286. The van der Waals surface area contributed by atoms with Gasteiger partial charge in [0, 0.05) is 11.9 Å². The maximum atomic E-state index is 8.35. The second-order valence-electron chi connectivity index (χ2n) is 1.57. The molecule has 0 saturated heterocycles. The van der Waals surface area contributed by atoms with Crippen LogP contribution in [0.1, 0.15) is 6.42 Å².